The summed E-state index contributed by atoms with van der Waals surface area (Å²) in [5.74, 6) is 0. The van der Waals surface area contributed by atoms with Crippen LogP contribution >= 0.6 is 0 Å². The second-order valence-corrected chi connectivity index (χ2v) is 3.86. The molecule has 1 aliphatic rings. The Bertz CT molecular complexity index is 548. The predicted octanol–water partition coefficient (Wildman–Crippen LogP) is 1.10. The van der Waals surface area contributed by atoms with Gasteiger partial charge in [-0.15, -0.1) is 0 Å². The number of hydrogen-bond acceptors (Lipinski definition) is 2. The van der Waals surface area contributed by atoms with E-state index < -0.39 is 0 Å². The van der Waals surface area contributed by atoms with E-state index in [0.717, 1.165) is 23.2 Å². The molecular formula is C10H10N2O2. The minimum absolute atomic E-state index is 0.137. The fourth-order valence-corrected chi connectivity index (χ4v) is 1.64. The summed E-state index contributed by atoms with van der Waals surface area (Å²) in [4.78, 5) is 16.5. The second-order valence-electron chi connectivity index (χ2n) is 3.86. The number of hydrogen-bond donors (Lipinski definition) is 2. The summed E-state index contributed by atoms with van der Waals surface area (Å²) >= 11 is 0. The van der Waals surface area contributed by atoms with Crippen LogP contribution in [0.3, 0.4) is 0 Å². The van der Waals surface area contributed by atoms with Crippen LogP contribution in [-0.2, 0) is 10.3 Å². The fraction of sp³-hybridized carbons (Fsp3) is 0.300. The third kappa shape index (κ3) is 1.01. The first kappa shape index (κ1) is 7.82. The lowest BCUT2D eigenvalue weighted by Crippen LogP contribution is -2.01. The van der Waals surface area contributed by atoms with Crippen molar-refractivity contribution >= 4 is 11.0 Å². The van der Waals surface area contributed by atoms with Gasteiger partial charge in [0.2, 0.25) is 0 Å². The van der Waals surface area contributed by atoms with Gasteiger partial charge >= 0.3 is 5.69 Å². The minimum Gasteiger partial charge on any atom is -0.365 e. The molecule has 2 heterocycles. The Hall–Kier alpha value is -1.55. The highest BCUT2D eigenvalue weighted by atomic mass is 16.6. The molecule has 4 heteroatoms. The molecule has 1 aromatic heterocycles. The van der Waals surface area contributed by atoms with Gasteiger partial charge in [-0.3, -0.25) is 0 Å². The van der Waals surface area contributed by atoms with Crippen LogP contribution in [0, 0.1) is 0 Å². The molecule has 0 aliphatic carbocycles. The fourth-order valence-electron chi connectivity index (χ4n) is 1.64. The van der Waals surface area contributed by atoms with E-state index in [2.05, 4.69) is 9.97 Å². The molecule has 0 spiro atoms. The summed E-state index contributed by atoms with van der Waals surface area (Å²) in [6.45, 7) is 2.80. The van der Waals surface area contributed by atoms with E-state index in [-0.39, 0.29) is 11.3 Å². The standard InChI is InChI=1S/C10H10N2O2/c1-10(5-14-10)6-2-3-7-8(4-6)12-9(13)11-7/h2-4H,5H2,1H3,(H2,11,12,13). The topological polar surface area (TPSA) is 61.2 Å². The minimum atomic E-state index is -0.168. The van der Waals surface area contributed by atoms with E-state index in [1.165, 1.54) is 0 Å². The van der Waals surface area contributed by atoms with Crippen LogP contribution < -0.4 is 5.69 Å². The van der Waals surface area contributed by atoms with E-state index >= 15 is 0 Å². The van der Waals surface area contributed by atoms with Crippen molar-refractivity contribution in [2.45, 2.75) is 12.5 Å². The van der Waals surface area contributed by atoms with Crippen LogP contribution in [-0.4, -0.2) is 16.6 Å². The van der Waals surface area contributed by atoms with Crippen molar-refractivity contribution in [2.24, 2.45) is 0 Å². The lowest BCUT2D eigenvalue weighted by Gasteiger charge is -2.04. The highest BCUT2D eigenvalue weighted by molar-refractivity contribution is 5.75. The van der Waals surface area contributed by atoms with E-state index in [4.69, 9.17) is 4.74 Å². The van der Waals surface area contributed by atoms with Crippen molar-refractivity contribution in [3.05, 3.63) is 34.2 Å². The maximum absolute atomic E-state index is 11.0. The highest BCUT2D eigenvalue weighted by Crippen LogP contribution is 2.38. The summed E-state index contributed by atoms with van der Waals surface area (Å²) in [6, 6.07) is 5.84. The van der Waals surface area contributed by atoms with Gasteiger partial charge in [0.05, 0.1) is 17.6 Å². The highest BCUT2D eigenvalue weighted by Gasteiger charge is 2.41. The molecule has 0 saturated carbocycles. The molecule has 3 rings (SSSR count). The monoisotopic (exact) mass is 190 g/mol. The average Bonchev–Trinajstić information content (AvgIpc) is 2.79. The Kier molecular flexibility index (Phi) is 1.27. The van der Waals surface area contributed by atoms with Gasteiger partial charge in [0.1, 0.15) is 5.60 Å². The normalized spacial score (nSPS) is 25.5. The number of imidazole rings is 1. The van der Waals surface area contributed by atoms with Gasteiger partial charge in [-0.25, -0.2) is 4.79 Å². The summed E-state index contributed by atoms with van der Waals surface area (Å²) in [7, 11) is 0. The molecule has 4 nitrogen and oxygen atoms in total. The second kappa shape index (κ2) is 2.27. The Morgan fingerprint density at radius 3 is 2.79 bits per heavy atom. The van der Waals surface area contributed by atoms with Gasteiger partial charge in [-0.2, -0.15) is 0 Å². The number of epoxide rings is 1. The van der Waals surface area contributed by atoms with Gasteiger partial charge in [-0.05, 0) is 24.6 Å². The Balaban J connectivity index is 2.24. The Labute approximate surface area is 79.9 Å². The van der Waals surface area contributed by atoms with Crippen LogP contribution in [0.5, 0.6) is 0 Å². The van der Waals surface area contributed by atoms with Crippen molar-refractivity contribution in [2.75, 3.05) is 6.61 Å². The summed E-state index contributed by atoms with van der Waals surface area (Å²) in [5.41, 5.74) is 2.48. The zero-order chi connectivity index (χ0) is 9.76. The van der Waals surface area contributed by atoms with Crippen LogP contribution in [0.1, 0.15) is 12.5 Å². The van der Waals surface area contributed by atoms with E-state index in [9.17, 15) is 4.79 Å². The number of H-pyrrole nitrogens is 2. The van der Waals surface area contributed by atoms with Gasteiger partial charge in [0.15, 0.2) is 0 Å². The smallest absolute Gasteiger partial charge is 0.323 e. The van der Waals surface area contributed by atoms with Gasteiger partial charge < -0.3 is 14.7 Å². The first-order chi connectivity index (χ1) is 6.67. The first-order valence-corrected chi connectivity index (χ1v) is 4.54. The lowest BCUT2D eigenvalue weighted by atomic mass is 10.0. The van der Waals surface area contributed by atoms with Gasteiger partial charge in [0.25, 0.3) is 0 Å². The van der Waals surface area contributed by atoms with Crippen molar-refractivity contribution in [1.29, 1.82) is 0 Å². The van der Waals surface area contributed by atoms with Crippen LogP contribution in [0.4, 0.5) is 0 Å². The Morgan fingerprint density at radius 2 is 2.07 bits per heavy atom. The van der Waals surface area contributed by atoms with Crippen molar-refractivity contribution in [1.82, 2.24) is 9.97 Å². The molecule has 72 valence electrons. The van der Waals surface area contributed by atoms with E-state index in [0.29, 0.717) is 0 Å². The zero-order valence-electron chi connectivity index (χ0n) is 7.76. The predicted molar refractivity (Wildman–Crippen MR) is 52.2 cm³/mol. The molecule has 2 N–H and O–H groups in total. The van der Waals surface area contributed by atoms with Gasteiger partial charge in [0, 0.05) is 0 Å². The number of ether oxygens (including phenoxy) is 1. The molecule has 0 radical (unpaired) electrons. The summed E-state index contributed by atoms with van der Waals surface area (Å²) in [5, 5.41) is 0. The zero-order valence-corrected chi connectivity index (χ0v) is 7.76. The summed E-state index contributed by atoms with van der Waals surface area (Å²) in [6.07, 6.45) is 0. The molecular weight excluding hydrogens is 180 g/mol. The lowest BCUT2D eigenvalue weighted by molar-refractivity contribution is 0.329. The number of rotatable bonds is 1. The van der Waals surface area contributed by atoms with Crippen molar-refractivity contribution in [3.8, 4) is 0 Å². The molecule has 1 aliphatic heterocycles. The first-order valence-electron chi connectivity index (χ1n) is 4.54. The van der Waals surface area contributed by atoms with Crippen molar-refractivity contribution in [3.63, 3.8) is 0 Å². The largest absolute Gasteiger partial charge is 0.365 e. The number of aromatic nitrogens is 2. The number of aromatic amines is 2. The third-order valence-corrected chi connectivity index (χ3v) is 2.70. The number of fused-ring (bicyclic) bond motifs is 1. The average molecular weight is 190 g/mol. The van der Waals surface area contributed by atoms with Crippen molar-refractivity contribution < 1.29 is 4.74 Å². The quantitative estimate of drug-likeness (QED) is 0.661. The SMILES string of the molecule is CC1(c2ccc3[nH]c(=O)[nH]c3c2)CO1. The molecule has 0 bridgehead atoms. The van der Waals surface area contributed by atoms with Crippen LogP contribution in [0.2, 0.25) is 0 Å². The molecule has 1 fully saturated rings. The van der Waals surface area contributed by atoms with E-state index in [1.54, 1.807) is 0 Å². The molecule has 1 aromatic carbocycles. The third-order valence-electron chi connectivity index (χ3n) is 2.70. The van der Waals surface area contributed by atoms with E-state index in [1.807, 2.05) is 25.1 Å². The van der Waals surface area contributed by atoms with Gasteiger partial charge in [-0.1, -0.05) is 6.07 Å². The summed E-state index contributed by atoms with van der Waals surface area (Å²) < 4.78 is 5.34. The molecule has 1 unspecified atom stereocenters. The number of benzene rings is 1. The molecule has 2 aromatic rings. The van der Waals surface area contributed by atoms with Crippen LogP contribution in [0.25, 0.3) is 11.0 Å². The molecule has 0 amide bonds. The Morgan fingerprint density at radius 1 is 1.36 bits per heavy atom. The maximum Gasteiger partial charge on any atom is 0.323 e. The molecule has 14 heavy (non-hydrogen) atoms. The maximum atomic E-state index is 11.0. The van der Waals surface area contributed by atoms with Crippen LogP contribution in [0.15, 0.2) is 23.0 Å². The molecule has 1 saturated heterocycles. The molecule has 1 atom stereocenters. The number of nitrogens with one attached hydrogen (secondary N) is 2.